The second kappa shape index (κ2) is 7.17. The number of hydrogen-bond acceptors (Lipinski definition) is 4. The first-order valence-corrected chi connectivity index (χ1v) is 10.0. The summed E-state index contributed by atoms with van der Waals surface area (Å²) in [5.41, 5.74) is 1.37. The molecule has 0 amide bonds. The molecule has 2 saturated heterocycles. The molecule has 0 aliphatic carbocycles. The zero-order valence-electron chi connectivity index (χ0n) is 16.5. The maximum Gasteiger partial charge on any atom is 0.393 e. The fraction of sp³-hybridized carbons (Fsp3) is 0.619. The Balaban J connectivity index is 1.48. The van der Waals surface area contributed by atoms with Gasteiger partial charge >= 0.3 is 6.18 Å². The van der Waals surface area contributed by atoms with Crippen molar-refractivity contribution >= 4 is 16.7 Å². The van der Waals surface area contributed by atoms with Crippen molar-refractivity contribution in [3.63, 3.8) is 0 Å². The Morgan fingerprint density at radius 1 is 1.11 bits per heavy atom. The zero-order valence-corrected chi connectivity index (χ0v) is 16.5. The number of hydrogen-bond donors (Lipinski definition) is 0. The van der Waals surface area contributed by atoms with Crippen LogP contribution in [0.2, 0.25) is 0 Å². The van der Waals surface area contributed by atoms with E-state index < -0.39 is 12.6 Å². The molecule has 3 heterocycles. The van der Waals surface area contributed by atoms with Gasteiger partial charge in [-0.05, 0) is 41.9 Å². The summed E-state index contributed by atoms with van der Waals surface area (Å²) in [5.74, 6) is 1.46. The van der Waals surface area contributed by atoms with Gasteiger partial charge in [0.15, 0.2) is 0 Å². The molecule has 2 aliphatic heterocycles. The summed E-state index contributed by atoms with van der Waals surface area (Å²) in [6, 6.07) is 4.79. The van der Waals surface area contributed by atoms with Crippen molar-refractivity contribution in [3.8, 4) is 0 Å². The normalized spacial score (nSPS) is 20.1. The quantitative estimate of drug-likeness (QED) is 0.777. The van der Waals surface area contributed by atoms with Gasteiger partial charge in [0.2, 0.25) is 0 Å². The molecule has 152 valence electrons. The van der Waals surface area contributed by atoms with Crippen molar-refractivity contribution in [2.45, 2.75) is 39.3 Å². The number of piperidine rings is 1. The predicted molar refractivity (Wildman–Crippen MR) is 104 cm³/mol. The number of nitrogens with zero attached hydrogens (tertiary/aromatic N) is 4. The molecule has 0 radical (unpaired) electrons. The number of anilines is 1. The zero-order chi connectivity index (χ0) is 19.9. The van der Waals surface area contributed by atoms with E-state index in [-0.39, 0.29) is 5.56 Å². The van der Waals surface area contributed by atoms with Crippen LogP contribution in [-0.4, -0.2) is 53.8 Å². The van der Waals surface area contributed by atoms with Crippen LogP contribution < -0.4 is 4.90 Å². The average Bonchev–Trinajstić information content (AvgIpc) is 2.59. The summed E-state index contributed by atoms with van der Waals surface area (Å²) < 4.78 is 38.4. The summed E-state index contributed by atoms with van der Waals surface area (Å²) in [6.07, 6.45) is -1.41. The molecule has 1 aromatic carbocycles. The second-order valence-electron chi connectivity index (χ2n) is 8.89. The standard InChI is InChI=1S/C21H27F3N4/c1-15(2)11-27-12-20(13-27)5-7-28(8-6-20)19-17-9-16(10-21(22,23)24)3-4-18(17)25-14-26-19/h3-4,9,14-15H,5-8,10-13H2,1-2H3. The van der Waals surface area contributed by atoms with E-state index in [2.05, 4.69) is 33.6 Å². The number of fused-ring (bicyclic) bond motifs is 1. The highest BCUT2D eigenvalue weighted by Crippen LogP contribution is 2.42. The molecule has 4 nitrogen and oxygen atoms in total. The number of halogens is 3. The lowest BCUT2D eigenvalue weighted by atomic mass is 9.71. The highest BCUT2D eigenvalue weighted by molar-refractivity contribution is 5.89. The van der Waals surface area contributed by atoms with E-state index in [0.29, 0.717) is 16.8 Å². The molecule has 0 bridgehead atoms. The average molecular weight is 392 g/mol. The van der Waals surface area contributed by atoms with Gasteiger partial charge in [0.1, 0.15) is 12.1 Å². The number of rotatable bonds is 4. The molecular weight excluding hydrogens is 365 g/mol. The maximum absolute atomic E-state index is 12.8. The van der Waals surface area contributed by atoms with Gasteiger partial charge in [-0.25, -0.2) is 9.97 Å². The van der Waals surface area contributed by atoms with Crippen LogP contribution in [0.1, 0.15) is 32.3 Å². The number of benzene rings is 1. The monoisotopic (exact) mass is 392 g/mol. The van der Waals surface area contributed by atoms with Crippen LogP contribution in [0.25, 0.3) is 10.9 Å². The smallest absolute Gasteiger partial charge is 0.356 e. The van der Waals surface area contributed by atoms with Gasteiger partial charge in [-0.3, -0.25) is 0 Å². The van der Waals surface area contributed by atoms with Gasteiger partial charge in [0.25, 0.3) is 0 Å². The lowest BCUT2D eigenvalue weighted by Crippen LogP contribution is -2.60. The van der Waals surface area contributed by atoms with Gasteiger partial charge in [-0.1, -0.05) is 19.9 Å². The van der Waals surface area contributed by atoms with Crippen molar-refractivity contribution < 1.29 is 13.2 Å². The van der Waals surface area contributed by atoms with E-state index in [1.165, 1.54) is 25.5 Å². The topological polar surface area (TPSA) is 32.3 Å². The van der Waals surface area contributed by atoms with Crippen LogP contribution in [0, 0.1) is 11.3 Å². The van der Waals surface area contributed by atoms with Gasteiger partial charge in [-0.15, -0.1) is 0 Å². The van der Waals surface area contributed by atoms with Crippen LogP contribution in [0.5, 0.6) is 0 Å². The van der Waals surface area contributed by atoms with Gasteiger partial charge in [0, 0.05) is 38.1 Å². The molecule has 1 aromatic heterocycles. The first kappa shape index (κ1) is 19.4. The van der Waals surface area contributed by atoms with E-state index in [0.717, 1.165) is 43.7 Å². The van der Waals surface area contributed by atoms with Crippen molar-refractivity contribution in [2.24, 2.45) is 11.3 Å². The SMILES string of the molecule is CC(C)CN1CC2(CCN(c3ncnc4ccc(CC(F)(F)F)cc34)CC2)C1. The molecule has 0 N–H and O–H groups in total. The minimum atomic E-state index is -4.22. The van der Waals surface area contributed by atoms with Gasteiger partial charge in [-0.2, -0.15) is 13.2 Å². The lowest BCUT2D eigenvalue weighted by molar-refractivity contribution is -0.127. The maximum atomic E-state index is 12.8. The minimum absolute atomic E-state index is 0.257. The molecule has 0 saturated carbocycles. The molecule has 2 aliphatic rings. The Bertz CT molecular complexity index is 833. The van der Waals surface area contributed by atoms with Gasteiger partial charge < -0.3 is 9.80 Å². The Hall–Kier alpha value is -1.89. The molecular formula is C21H27F3N4. The minimum Gasteiger partial charge on any atom is -0.356 e. The highest BCUT2D eigenvalue weighted by atomic mass is 19.4. The Morgan fingerprint density at radius 3 is 2.46 bits per heavy atom. The summed E-state index contributed by atoms with van der Waals surface area (Å²) >= 11 is 0. The summed E-state index contributed by atoms with van der Waals surface area (Å²) in [4.78, 5) is 13.4. The van der Waals surface area contributed by atoms with E-state index in [1.807, 2.05) is 0 Å². The fourth-order valence-electron chi connectivity index (χ4n) is 4.74. The van der Waals surface area contributed by atoms with Gasteiger partial charge in [0.05, 0.1) is 11.9 Å². The molecule has 2 aromatic rings. The molecule has 1 spiro atoms. The Morgan fingerprint density at radius 2 is 1.82 bits per heavy atom. The van der Waals surface area contributed by atoms with Crippen LogP contribution in [0.15, 0.2) is 24.5 Å². The van der Waals surface area contributed by atoms with Crippen molar-refractivity contribution in [1.82, 2.24) is 14.9 Å². The predicted octanol–water partition coefficient (Wildman–Crippen LogP) is 4.29. The third-order valence-electron chi connectivity index (χ3n) is 5.95. The first-order valence-electron chi connectivity index (χ1n) is 10.0. The summed E-state index contributed by atoms with van der Waals surface area (Å²) in [6.45, 7) is 9.78. The summed E-state index contributed by atoms with van der Waals surface area (Å²) in [7, 11) is 0. The van der Waals surface area contributed by atoms with Crippen LogP contribution in [-0.2, 0) is 6.42 Å². The van der Waals surface area contributed by atoms with Crippen LogP contribution >= 0.6 is 0 Å². The van der Waals surface area contributed by atoms with Crippen LogP contribution in [0.3, 0.4) is 0 Å². The lowest BCUT2D eigenvalue weighted by Gasteiger charge is -2.54. The molecule has 28 heavy (non-hydrogen) atoms. The second-order valence-corrected chi connectivity index (χ2v) is 8.89. The van der Waals surface area contributed by atoms with E-state index in [1.54, 1.807) is 12.1 Å². The Kier molecular flexibility index (Phi) is 4.98. The van der Waals surface area contributed by atoms with Crippen LogP contribution in [0.4, 0.5) is 19.0 Å². The Labute approximate surface area is 163 Å². The fourth-order valence-corrected chi connectivity index (χ4v) is 4.74. The third-order valence-corrected chi connectivity index (χ3v) is 5.95. The largest absolute Gasteiger partial charge is 0.393 e. The molecule has 4 rings (SSSR count). The third kappa shape index (κ3) is 4.09. The molecule has 7 heteroatoms. The summed E-state index contributed by atoms with van der Waals surface area (Å²) in [5, 5.41) is 0.718. The van der Waals surface area contributed by atoms with Crippen molar-refractivity contribution in [1.29, 1.82) is 0 Å². The van der Waals surface area contributed by atoms with E-state index >= 15 is 0 Å². The van der Waals surface area contributed by atoms with Crippen molar-refractivity contribution in [2.75, 3.05) is 37.6 Å². The van der Waals surface area contributed by atoms with E-state index in [4.69, 9.17) is 0 Å². The molecule has 0 atom stereocenters. The highest BCUT2D eigenvalue weighted by Gasteiger charge is 2.44. The first-order chi connectivity index (χ1) is 13.2. The van der Waals surface area contributed by atoms with E-state index in [9.17, 15) is 13.2 Å². The number of alkyl halides is 3. The number of aromatic nitrogens is 2. The molecule has 0 unspecified atom stereocenters. The number of likely N-dealkylation sites (tertiary alicyclic amines) is 1. The molecule has 2 fully saturated rings. The van der Waals surface area contributed by atoms with Crippen molar-refractivity contribution in [3.05, 3.63) is 30.1 Å².